The normalized spacial score (nSPS) is 12.3. The molecule has 6 nitrogen and oxygen atoms in total. The van der Waals surface area contributed by atoms with Gasteiger partial charge in [0.25, 0.3) is 0 Å². The Hall–Kier alpha value is -1.94. The highest BCUT2D eigenvalue weighted by Crippen LogP contribution is 2.34. The first-order valence-electron chi connectivity index (χ1n) is 4.84. The zero-order valence-corrected chi connectivity index (χ0v) is 9.16. The number of nitrogens with zero attached hydrogens (tertiary/aromatic N) is 1. The second-order valence-corrected chi connectivity index (χ2v) is 3.45. The second kappa shape index (κ2) is 5.80. The lowest BCUT2D eigenvalue weighted by molar-refractivity contribution is -0.387. The van der Waals surface area contributed by atoms with Crippen LogP contribution in [0.1, 0.15) is 0 Å². The summed E-state index contributed by atoms with van der Waals surface area (Å²) in [7, 11) is 0. The minimum Gasteiger partial charge on any atom is -0.394 e. The summed E-state index contributed by atoms with van der Waals surface area (Å²) in [6.07, 6.45) is -1.45. The summed E-state index contributed by atoms with van der Waals surface area (Å²) in [5.74, 6) is -8.68. The second-order valence-electron chi connectivity index (χ2n) is 3.45. The van der Waals surface area contributed by atoms with Crippen LogP contribution in [-0.4, -0.2) is 34.4 Å². The minimum atomic E-state index is -2.31. The van der Waals surface area contributed by atoms with Crippen molar-refractivity contribution in [2.75, 3.05) is 18.5 Å². The molecule has 0 aliphatic carbocycles. The highest BCUT2D eigenvalue weighted by Gasteiger charge is 2.33. The average molecular weight is 284 g/mol. The average Bonchev–Trinajstić information content (AvgIpc) is 2.37. The summed E-state index contributed by atoms with van der Waals surface area (Å²) in [5, 5.41) is 29.8. The van der Waals surface area contributed by atoms with Crippen LogP contribution in [0, 0.1) is 33.4 Å². The maximum Gasteiger partial charge on any atom is 0.333 e. The molecule has 1 aromatic carbocycles. The van der Waals surface area contributed by atoms with E-state index in [1.54, 1.807) is 0 Å². The van der Waals surface area contributed by atoms with Crippen LogP contribution in [0.2, 0.25) is 0 Å². The molecule has 0 aliphatic rings. The standard InChI is InChI=1S/C9H8F4N2O4/c10-4-5(11)7(13)9(15(18)19)8(6(4)12)14-1-3(17)2-16/h3,14,16-17H,1-2H2. The zero-order valence-electron chi connectivity index (χ0n) is 9.16. The lowest BCUT2D eigenvalue weighted by Crippen LogP contribution is -2.24. The molecule has 106 valence electrons. The molecule has 1 unspecified atom stereocenters. The molecule has 0 spiro atoms. The number of hydrogen-bond donors (Lipinski definition) is 3. The van der Waals surface area contributed by atoms with Crippen LogP contribution in [0.4, 0.5) is 28.9 Å². The number of nitrogens with one attached hydrogen (secondary N) is 1. The number of aliphatic hydroxyl groups excluding tert-OH is 2. The number of rotatable bonds is 5. The van der Waals surface area contributed by atoms with E-state index in [0.29, 0.717) is 0 Å². The third kappa shape index (κ3) is 2.90. The molecule has 10 heteroatoms. The van der Waals surface area contributed by atoms with Crippen LogP contribution >= 0.6 is 0 Å². The van der Waals surface area contributed by atoms with Gasteiger partial charge in [-0.25, -0.2) is 13.2 Å². The molecule has 3 N–H and O–H groups in total. The fourth-order valence-corrected chi connectivity index (χ4v) is 1.24. The van der Waals surface area contributed by atoms with E-state index in [-0.39, 0.29) is 0 Å². The fraction of sp³-hybridized carbons (Fsp3) is 0.333. The van der Waals surface area contributed by atoms with Crippen LogP contribution in [0.25, 0.3) is 0 Å². The number of halogens is 4. The maximum atomic E-state index is 13.3. The molecule has 0 fully saturated rings. The van der Waals surface area contributed by atoms with Gasteiger partial charge < -0.3 is 15.5 Å². The van der Waals surface area contributed by atoms with Crippen LogP contribution in [0.15, 0.2) is 0 Å². The van der Waals surface area contributed by atoms with E-state index in [0.717, 1.165) is 0 Å². The molecule has 1 rings (SSSR count). The van der Waals surface area contributed by atoms with Gasteiger partial charge in [0.1, 0.15) is 0 Å². The molecule has 1 atom stereocenters. The van der Waals surface area contributed by atoms with Crippen molar-refractivity contribution in [3.8, 4) is 0 Å². The van der Waals surface area contributed by atoms with Crippen LogP contribution in [-0.2, 0) is 0 Å². The van der Waals surface area contributed by atoms with Crippen molar-refractivity contribution < 1.29 is 32.7 Å². The van der Waals surface area contributed by atoms with Gasteiger partial charge in [0, 0.05) is 6.54 Å². The fourth-order valence-electron chi connectivity index (χ4n) is 1.24. The smallest absolute Gasteiger partial charge is 0.333 e. The Bertz CT molecular complexity index is 512. The van der Waals surface area contributed by atoms with Crippen LogP contribution in [0.3, 0.4) is 0 Å². The van der Waals surface area contributed by atoms with Crippen molar-refractivity contribution in [2.45, 2.75) is 6.10 Å². The monoisotopic (exact) mass is 284 g/mol. The lowest BCUT2D eigenvalue weighted by atomic mass is 10.2. The molecule has 1 aromatic rings. The van der Waals surface area contributed by atoms with E-state index in [1.165, 1.54) is 0 Å². The van der Waals surface area contributed by atoms with Crippen LogP contribution in [0.5, 0.6) is 0 Å². The summed E-state index contributed by atoms with van der Waals surface area (Å²) < 4.78 is 52.3. The largest absolute Gasteiger partial charge is 0.394 e. The molecular weight excluding hydrogens is 276 g/mol. The van der Waals surface area contributed by atoms with Crippen LogP contribution < -0.4 is 5.32 Å². The molecule has 0 saturated heterocycles. The Kier molecular flexibility index (Phi) is 4.62. The van der Waals surface area contributed by atoms with Crippen molar-refractivity contribution in [2.24, 2.45) is 0 Å². The summed E-state index contributed by atoms with van der Waals surface area (Å²) in [5.41, 5.74) is -2.87. The predicted molar refractivity (Wildman–Crippen MR) is 54.5 cm³/mol. The first-order valence-corrected chi connectivity index (χ1v) is 4.84. The van der Waals surface area contributed by atoms with Gasteiger partial charge in [0.2, 0.25) is 11.6 Å². The number of nitro benzene ring substituents is 1. The van der Waals surface area contributed by atoms with Gasteiger partial charge in [-0.3, -0.25) is 10.1 Å². The third-order valence-corrected chi connectivity index (χ3v) is 2.15. The SMILES string of the molecule is O=[N+]([O-])c1c(F)c(F)c(F)c(F)c1NCC(O)CO. The highest BCUT2D eigenvalue weighted by atomic mass is 19.2. The first-order chi connectivity index (χ1) is 8.81. The Balaban J connectivity index is 3.31. The van der Waals surface area contributed by atoms with Gasteiger partial charge >= 0.3 is 5.69 Å². The lowest BCUT2D eigenvalue weighted by Gasteiger charge is -2.12. The third-order valence-electron chi connectivity index (χ3n) is 2.15. The van der Waals surface area contributed by atoms with Crippen molar-refractivity contribution in [3.05, 3.63) is 33.4 Å². The van der Waals surface area contributed by atoms with Gasteiger partial charge in [-0.05, 0) is 0 Å². The van der Waals surface area contributed by atoms with Crippen molar-refractivity contribution in [1.29, 1.82) is 0 Å². The molecule has 0 aliphatic heterocycles. The summed E-state index contributed by atoms with van der Waals surface area (Å²) in [6.45, 7) is -1.40. The molecule has 0 aromatic heterocycles. The Morgan fingerprint density at radius 1 is 1.16 bits per heavy atom. The van der Waals surface area contributed by atoms with Gasteiger partial charge in [-0.15, -0.1) is 0 Å². The topological polar surface area (TPSA) is 95.6 Å². The van der Waals surface area contributed by atoms with Crippen molar-refractivity contribution in [1.82, 2.24) is 0 Å². The number of hydrogen-bond acceptors (Lipinski definition) is 5. The molecule has 0 heterocycles. The molecule has 0 saturated carbocycles. The van der Waals surface area contributed by atoms with Gasteiger partial charge in [0.15, 0.2) is 17.3 Å². The predicted octanol–water partition coefficient (Wildman–Crippen LogP) is 0.916. The Morgan fingerprint density at radius 3 is 2.16 bits per heavy atom. The highest BCUT2D eigenvalue weighted by molar-refractivity contribution is 5.63. The number of nitro groups is 1. The number of aliphatic hydroxyl groups is 2. The Labute approximate surface area is 103 Å². The molecule has 0 radical (unpaired) electrons. The van der Waals surface area contributed by atoms with Gasteiger partial charge in [0.05, 0.1) is 17.6 Å². The first kappa shape index (κ1) is 15.1. The van der Waals surface area contributed by atoms with Crippen molar-refractivity contribution >= 4 is 11.4 Å². The summed E-state index contributed by atoms with van der Waals surface area (Å²) in [6, 6.07) is 0. The van der Waals surface area contributed by atoms with E-state index in [4.69, 9.17) is 10.2 Å². The molecule has 0 amide bonds. The Morgan fingerprint density at radius 2 is 1.68 bits per heavy atom. The maximum absolute atomic E-state index is 13.3. The van der Waals surface area contributed by atoms with E-state index >= 15 is 0 Å². The van der Waals surface area contributed by atoms with E-state index < -0.39 is 58.8 Å². The number of benzene rings is 1. The molecule has 19 heavy (non-hydrogen) atoms. The summed E-state index contributed by atoms with van der Waals surface area (Å²) in [4.78, 5) is 9.09. The van der Waals surface area contributed by atoms with Crippen molar-refractivity contribution in [3.63, 3.8) is 0 Å². The quantitative estimate of drug-likeness (QED) is 0.246. The van der Waals surface area contributed by atoms with E-state index in [9.17, 15) is 27.7 Å². The van der Waals surface area contributed by atoms with E-state index in [1.807, 2.05) is 5.32 Å². The van der Waals surface area contributed by atoms with Gasteiger partial charge in [-0.2, -0.15) is 4.39 Å². The van der Waals surface area contributed by atoms with E-state index in [2.05, 4.69) is 0 Å². The molecule has 0 bridgehead atoms. The zero-order chi connectivity index (χ0) is 14.7. The van der Waals surface area contributed by atoms with Gasteiger partial charge in [-0.1, -0.05) is 0 Å². The minimum absolute atomic E-state index is 0.626. The molecular formula is C9H8F4N2O4. The summed E-state index contributed by atoms with van der Waals surface area (Å²) >= 11 is 0. The number of anilines is 1.